The smallest absolute Gasteiger partial charge is 0.114 e. The van der Waals surface area contributed by atoms with Crippen molar-refractivity contribution in [3.8, 4) is 0 Å². The zero-order valence-corrected chi connectivity index (χ0v) is 14.5. The molecule has 4 heteroatoms. The van der Waals surface area contributed by atoms with Gasteiger partial charge in [-0.25, -0.2) is 4.98 Å². The Kier molecular flexibility index (Phi) is 4.34. The minimum Gasteiger partial charge on any atom is -0.302 e. The van der Waals surface area contributed by atoms with Crippen molar-refractivity contribution in [3.05, 3.63) is 16.1 Å². The van der Waals surface area contributed by atoms with Crippen molar-refractivity contribution in [1.29, 1.82) is 0 Å². The lowest BCUT2D eigenvalue weighted by Gasteiger charge is -2.34. The van der Waals surface area contributed by atoms with Gasteiger partial charge in [0.25, 0.3) is 0 Å². The minimum atomic E-state index is 0.0764. The van der Waals surface area contributed by atoms with Crippen LogP contribution in [0.1, 0.15) is 58.7 Å². The van der Waals surface area contributed by atoms with E-state index in [-0.39, 0.29) is 11.0 Å². The van der Waals surface area contributed by atoms with E-state index in [0.29, 0.717) is 11.3 Å². The van der Waals surface area contributed by atoms with Gasteiger partial charge >= 0.3 is 0 Å². The highest BCUT2D eigenvalue weighted by Crippen LogP contribution is 2.45. The number of nitrogens with one attached hydrogen (secondary N) is 1. The summed E-state index contributed by atoms with van der Waals surface area (Å²) in [4.78, 5) is 4.98. The molecule has 2 nitrogen and oxygen atoms in total. The van der Waals surface area contributed by atoms with Crippen molar-refractivity contribution in [2.75, 3.05) is 5.75 Å². The molecule has 0 spiro atoms. The van der Waals surface area contributed by atoms with Crippen LogP contribution in [0.3, 0.4) is 0 Å². The molecule has 0 aromatic carbocycles. The van der Waals surface area contributed by atoms with Crippen molar-refractivity contribution in [2.24, 2.45) is 0 Å². The quantitative estimate of drug-likeness (QED) is 0.907. The normalized spacial score (nSPS) is 28.3. The molecule has 1 aromatic rings. The number of thiazole rings is 1. The molecule has 2 rings (SSSR count). The van der Waals surface area contributed by atoms with Crippen LogP contribution < -0.4 is 5.32 Å². The Morgan fingerprint density at radius 2 is 2.11 bits per heavy atom. The fourth-order valence-corrected chi connectivity index (χ4v) is 5.39. The van der Waals surface area contributed by atoms with Crippen LogP contribution in [0.4, 0.5) is 0 Å². The second-order valence-corrected chi connectivity index (χ2v) is 9.13. The van der Waals surface area contributed by atoms with Crippen LogP contribution in [0, 0.1) is 0 Å². The predicted octanol–water partition coefficient (Wildman–Crippen LogP) is 4.16. The van der Waals surface area contributed by atoms with Crippen LogP contribution in [0.25, 0.3) is 0 Å². The molecule has 0 radical (unpaired) electrons. The highest BCUT2D eigenvalue weighted by atomic mass is 32.2. The van der Waals surface area contributed by atoms with E-state index < -0.39 is 0 Å². The molecule has 1 aromatic heterocycles. The van der Waals surface area contributed by atoms with Gasteiger partial charge < -0.3 is 5.32 Å². The second kappa shape index (κ2) is 5.38. The Balaban J connectivity index is 2.37. The molecule has 1 saturated heterocycles. The highest BCUT2D eigenvalue weighted by molar-refractivity contribution is 8.00. The van der Waals surface area contributed by atoms with Gasteiger partial charge in [-0.15, -0.1) is 11.3 Å². The van der Waals surface area contributed by atoms with Gasteiger partial charge in [-0.1, -0.05) is 27.7 Å². The number of rotatable bonds is 3. The van der Waals surface area contributed by atoms with Crippen molar-refractivity contribution >= 4 is 23.1 Å². The Bertz CT molecular complexity index is 434. The van der Waals surface area contributed by atoms with Crippen LogP contribution in [0.2, 0.25) is 0 Å². The largest absolute Gasteiger partial charge is 0.302 e. The van der Waals surface area contributed by atoms with E-state index in [0.717, 1.165) is 0 Å². The van der Waals surface area contributed by atoms with E-state index in [9.17, 15) is 0 Å². The lowest BCUT2D eigenvalue weighted by molar-refractivity contribution is 0.303. The maximum atomic E-state index is 4.98. The second-order valence-electron chi connectivity index (χ2n) is 6.82. The zero-order valence-electron chi connectivity index (χ0n) is 12.9. The number of aromatic nitrogens is 1. The van der Waals surface area contributed by atoms with E-state index >= 15 is 0 Å². The molecular formula is C15H26N2S2. The molecule has 2 heterocycles. The average molecular weight is 299 g/mol. The number of hydrogen-bond acceptors (Lipinski definition) is 4. The first-order chi connectivity index (χ1) is 8.75. The molecule has 1 aliphatic heterocycles. The molecule has 1 aliphatic rings. The molecule has 2 unspecified atom stereocenters. The van der Waals surface area contributed by atoms with Gasteiger partial charge in [-0.05, 0) is 26.0 Å². The van der Waals surface area contributed by atoms with Crippen molar-refractivity contribution < 1.29 is 0 Å². The summed E-state index contributed by atoms with van der Waals surface area (Å²) in [6, 6.07) is 0.489. The Morgan fingerprint density at radius 1 is 1.42 bits per heavy atom. The molecule has 19 heavy (non-hydrogen) atoms. The number of hydrogen-bond donors (Lipinski definition) is 1. The fourth-order valence-electron chi connectivity index (χ4n) is 2.61. The van der Waals surface area contributed by atoms with Crippen molar-refractivity contribution in [1.82, 2.24) is 10.3 Å². The topological polar surface area (TPSA) is 24.9 Å². The van der Waals surface area contributed by atoms with Gasteiger partial charge in [-0.3, -0.25) is 0 Å². The Hall–Kier alpha value is -0.0600. The van der Waals surface area contributed by atoms with Crippen molar-refractivity contribution in [2.45, 2.75) is 70.2 Å². The van der Waals surface area contributed by atoms with E-state index in [2.05, 4.69) is 64.0 Å². The molecule has 1 N–H and O–H groups in total. The Labute approximate surface area is 125 Å². The highest BCUT2D eigenvalue weighted by Gasteiger charge is 2.45. The van der Waals surface area contributed by atoms with E-state index in [1.54, 1.807) is 0 Å². The summed E-state index contributed by atoms with van der Waals surface area (Å²) in [5.74, 6) is 1.23. The van der Waals surface area contributed by atoms with Crippen LogP contribution in [-0.2, 0) is 11.0 Å². The van der Waals surface area contributed by atoms with Gasteiger partial charge in [0, 0.05) is 22.1 Å². The van der Waals surface area contributed by atoms with Gasteiger partial charge in [-0.2, -0.15) is 11.8 Å². The van der Waals surface area contributed by atoms with Gasteiger partial charge in [0.15, 0.2) is 0 Å². The molecular weight excluding hydrogens is 272 g/mol. The summed E-state index contributed by atoms with van der Waals surface area (Å²) in [6.45, 7) is 13.5. The van der Waals surface area contributed by atoms with E-state index in [1.165, 1.54) is 22.9 Å². The maximum absolute atomic E-state index is 4.98. The first kappa shape index (κ1) is 15.3. The summed E-state index contributed by atoms with van der Waals surface area (Å²) in [7, 11) is 0. The summed E-state index contributed by atoms with van der Waals surface area (Å²) in [6.07, 6.45) is 1.19. The fraction of sp³-hybridized carbons (Fsp3) is 0.800. The van der Waals surface area contributed by atoms with Gasteiger partial charge in [0.2, 0.25) is 0 Å². The van der Waals surface area contributed by atoms with Crippen molar-refractivity contribution in [3.63, 3.8) is 0 Å². The molecule has 2 atom stereocenters. The van der Waals surface area contributed by atoms with Crippen LogP contribution in [0.5, 0.6) is 0 Å². The molecule has 108 valence electrons. The zero-order chi connectivity index (χ0) is 14.3. The third kappa shape index (κ3) is 3.01. The average Bonchev–Trinajstić information content (AvgIpc) is 2.85. The standard InChI is InChI=1S/C15H26N2S2/c1-10(2)17-15(7-8-18-11(15)3)13-16-12(9-19-13)14(4,5)6/h9-11,17H,7-8H2,1-6H3. The van der Waals surface area contributed by atoms with Crippen LogP contribution in [0.15, 0.2) is 5.38 Å². The Morgan fingerprint density at radius 3 is 2.53 bits per heavy atom. The summed E-state index contributed by atoms with van der Waals surface area (Å²) in [5.41, 5.74) is 1.44. The first-order valence-electron chi connectivity index (χ1n) is 7.11. The lowest BCUT2D eigenvalue weighted by Crippen LogP contribution is -2.49. The minimum absolute atomic E-state index is 0.0764. The molecule has 1 fully saturated rings. The summed E-state index contributed by atoms with van der Waals surface area (Å²) < 4.78 is 0. The lowest BCUT2D eigenvalue weighted by atomic mass is 9.91. The molecule has 0 bridgehead atoms. The first-order valence-corrected chi connectivity index (χ1v) is 9.04. The third-order valence-corrected chi connectivity index (χ3v) is 6.12. The SMILES string of the molecule is CC(C)NC1(c2nc(C(C)(C)C)cs2)CCSC1C. The van der Waals surface area contributed by atoms with Gasteiger partial charge in [0.05, 0.1) is 11.2 Å². The number of thioether (sulfide) groups is 1. The maximum Gasteiger partial charge on any atom is 0.114 e. The molecule has 0 aliphatic carbocycles. The van der Waals surface area contributed by atoms with Crippen LogP contribution >= 0.6 is 23.1 Å². The summed E-state index contributed by atoms with van der Waals surface area (Å²) >= 11 is 3.89. The molecule has 0 saturated carbocycles. The van der Waals surface area contributed by atoms with Gasteiger partial charge in [0.1, 0.15) is 5.01 Å². The van der Waals surface area contributed by atoms with E-state index in [1.807, 2.05) is 11.3 Å². The number of nitrogens with zero attached hydrogens (tertiary/aromatic N) is 1. The molecule has 0 amide bonds. The summed E-state index contributed by atoms with van der Waals surface area (Å²) in [5, 5.41) is 7.93. The third-order valence-electron chi connectivity index (χ3n) is 3.76. The van der Waals surface area contributed by atoms with Crippen LogP contribution in [-0.4, -0.2) is 22.0 Å². The monoisotopic (exact) mass is 298 g/mol. The predicted molar refractivity (Wildman–Crippen MR) is 87.3 cm³/mol. The van der Waals surface area contributed by atoms with E-state index in [4.69, 9.17) is 4.98 Å².